The number of carbonyl (C=O) groups excluding carboxylic acids is 1. The molecule has 2 aromatic carbocycles. The van der Waals surface area contributed by atoms with E-state index >= 15 is 0 Å². The van der Waals surface area contributed by atoms with E-state index < -0.39 is 0 Å². The maximum Gasteiger partial charge on any atom is 0.170 e. The topological polar surface area (TPSA) is 57.5 Å². The van der Waals surface area contributed by atoms with Crippen LogP contribution in [0.1, 0.15) is 21.5 Å². The van der Waals surface area contributed by atoms with Gasteiger partial charge < -0.3 is 10.2 Å². The molecule has 0 fully saturated rings. The van der Waals surface area contributed by atoms with Gasteiger partial charge in [0, 0.05) is 17.5 Å². The molecular weight excluding hydrogens is 264 g/mol. The molecule has 0 aliphatic carbocycles. The second kappa shape index (κ2) is 5.33. The molecule has 0 unspecified atom stereocenters. The summed E-state index contributed by atoms with van der Waals surface area (Å²) in [6, 6.07) is 9.34. The molecule has 0 radical (unpaired) electrons. The van der Waals surface area contributed by atoms with E-state index in [1.54, 1.807) is 6.07 Å². The third kappa shape index (κ3) is 3.06. The summed E-state index contributed by atoms with van der Waals surface area (Å²) in [5.74, 6) is -0.520. The molecule has 0 aliphatic heterocycles. The Morgan fingerprint density at radius 2 is 1.89 bits per heavy atom. The molecule has 2 aromatic rings. The maximum atomic E-state index is 12.1. The molecule has 4 heteroatoms. The van der Waals surface area contributed by atoms with Gasteiger partial charge in [0.05, 0.1) is 5.56 Å². The van der Waals surface area contributed by atoms with E-state index in [-0.39, 0.29) is 29.3 Å². The van der Waals surface area contributed by atoms with Crippen LogP contribution < -0.4 is 0 Å². The largest absolute Gasteiger partial charge is 0.508 e. The van der Waals surface area contributed by atoms with Gasteiger partial charge >= 0.3 is 0 Å². The molecule has 0 heterocycles. The molecule has 0 aliphatic rings. The molecule has 0 aromatic heterocycles. The van der Waals surface area contributed by atoms with Crippen molar-refractivity contribution in [2.45, 2.75) is 13.3 Å². The molecule has 2 N–H and O–H groups in total. The van der Waals surface area contributed by atoms with Crippen molar-refractivity contribution in [1.82, 2.24) is 0 Å². The summed E-state index contributed by atoms with van der Waals surface area (Å²) in [6.45, 7) is 1.89. The lowest BCUT2D eigenvalue weighted by atomic mass is 10.0. The highest BCUT2D eigenvalue weighted by Gasteiger charge is 2.12. The summed E-state index contributed by atoms with van der Waals surface area (Å²) >= 11 is 6.00. The number of phenolic OH excluding ortho intramolecular Hbond substituents is 2. The fourth-order valence-corrected chi connectivity index (χ4v) is 1.99. The van der Waals surface area contributed by atoms with Crippen molar-refractivity contribution in [1.29, 1.82) is 0 Å². The molecule has 0 spiro atoms. The summed E-state index contributed by atoms with van der Waals surface area (Å²) in [6.07, 6.45) is 0.151. The molecule has 2 rings (SSSR count). The lowest BCUT2D eigenvalue weighted by Crippen LogP contribution is -2.04. The van der Waals surface area contributed by atoms with Crippen molar-refractivity contribution >= 4 is 17.4 Å². The number of Topliss-reactive ketones (excluding diaryl/α,β-unsaturated/α-hetero) is 1. The molecule has 0 saturated carbocycles. The Labute approximate surface area is 116 Å². The van der Waals surface area contributed by atoms with Gasteiger partial charge in [-0.05, 0) is 36.2 Å². The van der Waals surface area contributed by atoms with Gasteiger partial charge in [0.15, 0.2) is 5.78 Å². The standard InChI is InChI=1S/C15H13ClO3/c1-9-2-3-10(6-13(9)16)7-14(18)12-5-4-11(17)8-15(12)19/h2-6,8,17,19H,7H2,1H3. The molecule has 0 bridgehead atoms. The fourth-order valence-electron chi connectivity index (χ4n) is 1.78. The first-order chi connectivity index (χ1) is 8.97. The van der Waals surface area contributed by atoms with E-state index in [0.29, 0.717) is 5.02 Å². The normalized spacial score (nSPS) is 10.4. The van der Waals surface area contributed by atoms with Gasteiger partial charge in [-0.2, -0.15) is 0 Å². The van der Waals surface area contributed by atoms with Crippen molar-refractivity contribution in [3.63, 3.8) is 0 Å². The van der Waals surface area contributed by atoms with E-state index in [4.69, 9.17) is 11.6 Å². The number of ketones is 1. The Morgan fingerprint density at radius 1 is 1.16 bits per heavy atom. The minimum atomic E-state index is -0.225. The zero-order valence-corrected chi connectivity index (χ0v) is 11.1. The highest BCUT2D eigenvalue weighted by Crippen LogP contribution is 2.24. The van der Waals surface area contributed by atoms with Crippen LogP contribution in [-0.4, -0.2) is 16.0 Å². The van der Waals surface area contributed by atoms with Gasteiger partial charge in [-0.25, -0.2) is 0 Å². The average Bonchev–Trinajstić information content (AvgIpc) is 2.33. The summed E-state index contributed by atoms with van der Waals surface area (Å²) < 4.78 is 0. The number of hydrogen-bond acceptors (Lipinski definition) is 3. The van der Waals surface area contributed by atoms with Crippen molar-refractivity contribution in [2.24, 2.45) is 0 Å². The Bertz CT molecular complexity index is 635. The van der Waals surface area contributed by atoms with Gasteiger partial charge in [0.2, 0.25) is 0 Å². The maximum absolute atomic E-state index is 12.1. The van der Waals surface area contributed by atoms with Gasteiger partial charge in [0.25, 0.3) is 0 Å². The van der Waals surface area contributed by atoms with Crippen LogP contribution in [0.5, 0.6) is 11.5 Å². The van der Waals surface area contributed by atoms with E-state index in [2.05, 4.69) is 0 Å². The number of benzene rings is 2. The SMILES string of the molecule is Cc1ccc(CC(=O)c2ccc(O)cc2O)cc1Cl. The summed E-state index contributed by atoms with van der Waals surface area (Å²) in [5.41, 5.74) is 1.92. The predicted molar refractivity (Wildman–Crippen MR) is 74.0 cm³/mol. The zero-order valence-electron chi connectivity index (χ0n) is 10.4. The number of carbonyl (C=O) groups is 1. The molecular formula is C15H13ClO3. The smallest absolute Gasteiger partial charge is 0.170 e. The van der Waals surface area contributed by atoms with Gasteiger partial charge in [-0.15, -0.1) is 0 Å². The van der Waals surface area contributed by atoms with Crippen LogP contribution in [0, 0.1) is 6.92 Å². The average molecular weight is 277 g/mol. The van der Waals surface area contributed by atoms with E-state index in [0.717, 1.165) is 17.2 Å². The van der Waals surface area contributed by atoms with Crippen LogP contribution in [0.4, 0.5) is 0 Å². The monoisotopic (exact) mass is 276 g/mol. The summed E-state index contributed by atoms with van der Waals surface area (Å²) in [5, 5.41) is 19.4. The van der Waals surface area contributed by atoms with Crippen molar-refractivity contribution in [3.05, 3.63) is 58.1 Å². The number of halogens is 1. The van der Waals surface area contributed by atoms with Gasteiger partial charge in [0.1, 0.15) is 11.5 Å². The Kier molecular flexibility index (Phi) is 3.76. The minimum Gasteiger partial charge on any atom is -0.508 e. The number of rotatable bonds is 3. The van der Waals surface area contributed by atoms with Crippen molar-refractivity contribution < 1.29 is 15.0 Å². The third-order valence-electron chi connectivity index (χ3n) is 2.88. The van der Waals surface area contributed by atoms with Crippen LogP contribution >= 0.6 is 11.6 Å². The Morgan fingerprint density at radius 3 is 2.53 bits per heavy atom. The van der Waals surface area contributed by atoms with Gasteiger partial charge in [-0.1, -0.05) is 23.7 Å². The van der Waals surface area contributed by atoms with Gasteiger partial charge in [-0.3, -0.25) is 4.79 Å². The van der Waals surface area contributed by atoms with E-state index in [1.807, 2.05) is 19.1 Å². The second-order valence-corrected chi connectivity index (χ2v) is 4.79. The summed E-state index contributed by atoms with van der Waals surface area (Å²) in [4.78, 5) is 12.1. The molecule has 0 saturated heterocycles. The highest BCUT2D eigenvalue weighted by molar-refractivity contribution is 6.31. The number of hydrogen-bond donors (Lipinski definition) is 2. The first-order valence-corrected chi connectivity index (χ1v) is 6.15. The van der Waals surface area contributed by atoms with Crippen LogP contribution in [-0.2, 0) is 6.42 Å². The van der Waals surface area contributed by atoms with Crippen molar-refractivity contribution in [3.8, 4) is 11.5 Å². The minimum absolute atomic E-state index is 0.0765. The Balaban J connectivity index is 2.23. The molecule has 3 nitrogen and oxygen atoms in total. The lowest BCUT2D eigenvalue weighted by Gasteiger charge is -2.06. The molecule has 98 valence electrons. The summed E-state index contributed by atoms with van der Waals surface area (Å²) in [7, 11) is 0. The predicted octanol–water partition coefficient (Wildman–Crippen LogP) is 3.49. The number of phenols is 2. The highest BCUT2D eigenvalue weighted by atomic mass is 35.5. The lowest BCUT2D eigenvalue weighted by molar-refractivity contribution is 0.0990. The van der Waals surface area contributed by atoms with Crippen LogP contribution in [0.3, 0.4) is 0 Å². The molecule has 0 amide bonds. The quantitative estimate of drug-likeness (QED) is 0.844. The second-order valence-electron chi connectivity index (χ2n) is 4.38. The number of aryl methyl sites for hydroxylation is 1. The first-order valence-electron chi connectivity index (χ1n) is 5.77. The molecule has 19 heavy (non-hydrogen) atoms. The third-order valence-corrected chi connectivity index (χ3v) is 3.29. The van der Waals surface area contributed by atoms with Crippen LogP contribution in [0.2, 0.25) is 5.02 Å². The Hall–Kier alpha value is -2.00. The molecule has 0 atom stereocenters. The fraction of sp³-hybridized carbons (Fsp3) is 0.133. The van der Waals surface area contributed by atoms with Crippen molar-refractivity contribution in [2.75, 3.05) is 0 Å². The van der Waals surface area contributed by atoms with Crippen LogP contribution in [0.15, 0.2) is 36.4 Å². The number of aromatic hydroxyl groups is 2. The zero-order chi connectivity index (χ0) is 14.0. The van der Waals surface area contributed by atoms with E-state index in [1.165, 1.54) is 12.1 Å². The first kappa shape index (κ1) is 13.4. The van der Waals surface area contributed by atoms with E-state index in [9.17, 15) is 15.0 Å². The van der Waals surface area contributed by atoms with Crippen LogP contribution in [0.25, 0.3) is 0 Å².